The largest absolute Gasteiger partial charge is 0.545 e. The molecule has 0 amide bonds. The van der Waals surface area contributed by atoms with Gasteiger partial charge in [0.15, 0.2) is 0 Å². The number of rotatable bonds is 2. The maximum absolute atomic E-state index is 10.2. The fourth-order valence-electron chi connectivity index (χ4n) is 0.698. The second-order valence-electron chi connectivity index (χ2n) is 2.03. The van der Waals surface area contributed by atoms with Crippen LogP contribution in [0.1, 0.15) is 20.7 Å². The van der Waals surface area contributed by atoms with E-state index in [1.54, 1.807) is 0 Å². The Morgan fingerprint density at radius 1 is 1.27 bits per heavy atom. The van der Waals surface area contributed by atoms with E-state index < -0.39 is 5.97 Å². The van der Waals surface area contributed by atoms with Crippen molar-refractivity contribution in [1.29, 1.82) is 0 Å². The van der Waals surface area contributed by atoms with E-state index in [9.17, 15) is 14.7 Å². The lowest BCUT2D eigenvalue weighted by molar-refractivity contribution is -0.255. The lowest BCUT2D eigenvalue weighted by Crippen LogP contribution is -2.21. The highest BCUT2D eigenvalue weighted by Crippen LogP contribution is 2.00. The minimum absolute atomic E-state index is 0.0793. The van der Waals surface area contributed by atoms with Crippen molar-refractivity contribution in [3.8, 4) is 0 Å². The molecular weight excluding hydrogens is 144 g/mol. The molecule has 0 aliphatic heterocycles. The Kier molecular flexibility index (Phi) is 2.01. The summed E-state index contributed by atoms with van der Waals surface area (Å²) in [4.78, 5) is 20.3. The van der Waals surface area contributed by atoms with Crippen LogP contribution in [0.25, 0.3) is 0 Å². The van der Waals surface area contributed by atoms with Crippen molar-refractivity contribution >= 4 is 12.3 Å². The van der Waals surface area contributed by atoms with E-state index in [0.717, 1.165) is 0 Å². The standard InChI is InChI=1S/C8H6O3/c9-5-6-1-3-7(4-2-6)8(10)11/h1-5H,(H,10,11)/p-1. The molecule has 0 fully saturated rings. The average molecular weight is 149 g/mol. The molecule has 0 aromatic heterocycles. The van der Waals surface area contributed by atoms with Crippen LogP contribution >= 0.6 is 0 Å². The lowest BCUT2D eigenvalue weighted by atomic mass is 10.1. The number of carbonyl (C=O) groups is 2. The second-order valence-corrected chi connectivity index (χ2v) is 2.03. The molecule has 0 saturated heterocycles. The number of hydrogen-bond acceptors (Lipinski definition) is 3. The van der Waals surface area contributed by atoms with Crippen LogP contribution in [0.4, 0.5) is 0 Å². The average Bonchev–Trinajstić information content (AvgIpc) is 2.05. The Morgan fingerprint density at radius 2 is 1.82 bits per heavy atom. The van der Waals surface area contributed by atoms with Crippen molar-refractivity contribution in [2.75, 3.05) is 0 Å². The van der Waals surface area contributed by atoms with E-state index in [4.69, 9.17) is 0 Å². The number of benzene rings is 1. The first-order chi connectivity index (χ1) is 5.24. The zero-order valence-corrected chi connectivity index (χ0v) is 5.61. The van der Waals surface area contributed by atoms with E-state index in [-0.39, 0.29) is 5.56 Å². The summed E-state index contributed by atoms with van der Waals surface area (Å²) in [6.45, 7) is 0. The highest BCUT2D eigenvalue weighted by molar-refractivity contribution is 5.87. The number of carboxylic acids is 1. The van der Waals surface area contributed by atoms with Crippen molar-refractivity contribution in [2.45, 2.75) is 0 Å². The number of carboxylic acid groups (broad SMARTS) is 1. The van der Waals surface area contributed by atoms with Crippen LogP contribution in [-0.2, 0) is 0 Å². The van der Waals surface area contributed by atoms with Gasteiger partial charge in [-0.2, -0.15) is 0 Å². The maximum Gasteiger partial charge on any atom is 0.150 e. The highest BCUT2D eigenvalue weighted by Gasteiger charge is 1.92. The maximum atomic E-state index is 10.2. The minimum Gasteiger partial charge on any atom is -0.545 e. The van der Waals surface area contributed by atoms with Gasteiger partial charge in [-0.3, -0.25) is 4.79 Å². The van der Waals surface area contributed by atoms with Crippen molar-refractivity contribution in [3.05, 3.63) is 35.4 Å². The molecule has 0 unspecified atom stereocenters. The molecule has 11 heavy (non-hydrogen) atoms. The zero-order valence-electron chi connectivity index (χ0n) is 5.61. The molecule has 1 rings (SSSR count). The van der Waals surface area contributed by atoms with E-state index >= 15 is 0 Å². The molecule has 0 spiro atoms. The summed E-state index contributed by atoms with van der Waals surface area (Å²) in [7, 11) is 0. The predicted molar refractivity (Wildman–Crippen MR) is 36.2 cm³/mol. The zero-order chi connectivity index (χ0) is 8.27. The first-order valence-electron chi connectivity index (χ1n) is 3.00. The third kappa shape index (κ3) is 1.64. The molecule has 0 atom stereocenters. The molecule has 56 valence electrons. The predicted octanol–water partition coefficient (Wildman–Crippen LogP) is -0.137. The monoisotopic (exact) mass is 149 g/mol. The van der Waals surface area contributed by atoms with Crippen LogP contribution in [-0.4, -0.2) is 12.3 Å². The van der Waals surface area contributed by atoms with E-state index in [1.807, 2.05) is 0 Å². The molecule has 3 nitrogen and oxygen atoms in total. The van der Waals surface area contributed by atoms with Crippen LogP contribution in [0.15, 0.2) is 24.3 Å². The first kappa shape index (κ1) is 7.47. The van der Waals surface area contributed by atoms with E-state index in [1.165, 1.54) is 24.3 Å². The highest BCUT2D eigenvalue weighted by atomic mass is 16.4. The molecule has 0 heterocycles. The number of carbonyl (C=O) groups excluding carboxylic acids is 2. The molecule has 0 radical (unpaired) electrons. The number of aromatic carboxylic acids is 1. The molecule has 0 saturated carbocycles. The summed E-state index contributed by atoms with van der Waals surface area (Å²) >= 11 is 0. The Bertz CT molecular complexity index is 274. The van der Waals surface area contributed by atoms with Crippen molar-refractivity contribution < 1.29 is 14.7 Å². The van der Waals surface area contributed by atoms with Gasteiger partial charge in [0.1, 0.15) is 6.29 Å². The molecule has 0 bridgehead atoms. The van der Waals surface area contributed by atoms with Gasteiger partial charge >= 0.3 is 0 Å². The normalized spacial score (nSPS) is 9.09. The SMILES string of the molecule is O=Cc1ccc(C(=O)[O-])cc1. The van der Waals surface area contributed by atoms with Gasteiger partial charge in [-0.05, 0) is 5.56 Å². The first-order valence-corrected chi connectivity index (χ1v) is 3.00. The summed E-state index contributed by atoms with van der Waals surface area (Å²) in [6, 6.07) is 5.52. The fourth-order valence-corrected chi connectivity index (χ4v) is 0.698. The quantitative estimate of drug-likeness (QED) is 0.550. The van der Waals surface area contributed by atoms with Crippen LogP contribution < -0.4 is 5.11 Å². The van der Waals surface area contributed by atoms with Crippen LogP contribution in [0.3, 0.4) is 0 Å². The number of hydrogen-bond donors (Lipinski definition) is 0. The lowest BCUT2D eigenvalue weighted by Gasteiger charge is -1.99. The molecule has 0 aliphatic rings. The van der Waals surface area contributed by atoms with Gasteiger partial charge in [-0.25, -0.2) is 0 Å². The van der Waals surface area contributed by atoms with Crippen molar-refractivity contribution in [1.82, 2.24) is 0 Å². The smallest absolute Gasteiger partial charge is 0.150 e. The Hall–Kier alpha value is -1.64. The summed E-state index contributed by atoms with van der Waals surface area (Å²) < 4.78 is 0. The summed E-state index contributed by atoms with van der Waals surface area (Å²) in [5.74, 6) is -1.23. The Labute approximate surface area is 63.3 Å². The molecule has 1 aromatic rings. The Morgan fingerprint density at radius 3 is 2.18 bits per heavy atom. The number of aldehydes is 1. The van der Waals surface area contributed by atoms with Gasteiger partial charge in [0.25, 0.3) is 0 Å². The molecule has 0 aliphatic carbocycles. The van der Waals surface area contributed by atoms with Gasteiger partial charge in [0, 0.05) is 5.56 Å². The topological polar surface area (TPSA) is 57.2 Å². The third-order valence-electron chi connectivity index (χ3n) is 1.28. The molecular formula is C8H5O3-. The fraction of sp³-hybridized carbons (Fsp3) is 0. The molecule has 3 heteroatoms. The Balaban J connectivity index is 3.00. The van der Waals surface area contributed by atoms with Crippen molar-refractivity contribution in [2.24, 2.45) is 0 Å². The third-order valence-corrected chi connectivity index (χ3v) is 1.28. The van der Waals surface area contributed by atoms with E-state index in [0.29, 0.717) is 11.8 Å². The van der Waals surface area contributed by atoms with Gasteiger partial charge in [-0.1, -0.05) is 24.3 Å². The van der Waals surface area contributed by atoms with Crippen molar-refractivity contribution in [3.63, 3.8) is 0 Å². The molecule has 1 aromatic carbocycles. The van der Waals surface area contributed by atoms with Gasteiger partial charge in [0.2, 0.25) is 0 Å². The van der Waals surface area contributed by atoms with Gasteiger partial charge in [0.05, 0.1) is 5.97 Å². The van der Waals surface area contributed by atoms with Gasteiger partial charge in [-0.15, -0.1) is 0 Å². The minimum atomic E-state index is -1.23. The van der Waals surface area contributed by atoms with Crippen LogP contribution in [0, 0.1) is 0 Å². The van der Waals surface area contributed by atoms with Crippen LogP contribution in [0.2, 0.25) is 0 Å². The summed E-state index contributed by atoms with van der Waals surface area (Å²) in [5.41, 5.74) is 0.533. The van der Waals surface area contributed by atoms with Gasteiger partial charge < -0.3 is 9.90 Å². The van der Waals surface area contributed by atoms with E-state index in [2.05, 4.69) is 0 Å². The molecule has 0 N–H and O–H groups in total. The summed E-state index contributed by atoms with van der Waals surface area (Å²) in [6.07, 6.45) is 0.652. The second kappa shape index (κ2) is 2.96. The van der Waals surface area contributed by atoms with Crippen LogP contribution in [0.5, 0.6) is 0 Å². The summed E-state index contributed by atoms with van der Waals surface area (Å²) in [5, 5.41) is 10.2.